The minimum absolute atomic E-state index is 0.0792. The van der Waals surface area contributed by atoms with E-state index in [-0.39, 0.29) is 11.8 Å². The molecule has 0 unspecified atom stereocenters. The van der Waals surface area contributed by atoms with E-state index in [2.05, 4.69) is 25.5 Å². The Hall–Kier alpha value is -2.62. The number of hydrogen-bond acceptors (Lipinski definition) is 8. The Kier molecular flexibility index (Phi) is 6.11. The fourth-order valence-electron chi connectivity index (χ4n) is 2.53. The third-order valence-corrected chi connectivity index (χ3v) is 5.66. The summed E-state index contributed by atoms with van der Waals surface area (Å²) < 4.78 is 5.38. The fraction of sp³-hybridized carbons (Fsp3) is 0.316. The summed E-state index contributed by atoms with van der Waals surface area (Å²) in [6, 6.07) is 3.42. The van der Waals surface area contributed by atoms with Gasteiger partial charge in [0.15, 0.2) is 0 Å². The number of ether oxygens (including phenoxy) is 1. The number of anilines is 1. The maximum Gasteiger partial charge on any atom is 0.259 e. The Morgan fingerprint density at radius 1 is 1.24 bits per heavy atom. The first-order valence-electron chi connectivity index (χ1n) is 8.68. The molecule has 10 heteroatoms. The van der Waals surface area contributed by atoms with Crippen molar-refractivity contribution in [3.05, 3.63) is 45.9 Å². The van der Waals surface area contributed by atoms with Crippen molar-refractivity contribution in [2.75, 3.05) is 19.0 Å². The maximum atomic E-state index is 13.0. The van der Waals surface area contributed by atoms with Crippen molar-refractivity contribution in [1.29, 1.82) is 0 Å². The van der Waals surface area contributed by atoms with Crippen LogP contribution in [0.3, 0.4) is 0 Å². The largest absolute Gasteiger partial charge is 0.494 e. The molecule has 0 aliphatic rings. The summed E-state index contributed by atoms with van der Waals surface area (Å²) in [5.74, 6) is 0.0870. The number of amides is 1. The zero-order valence-electron chi connectivity index (χ0n) is 16.4. The number of aryl methyl sites for hydroxylation is 1. The lowest BCUT2D eigenvalue weighted by Crippen LogP contribution is -2.21. The molecule has 0 aromatic carbocycles. The van der Waals surface area contributed by atoms with Gasteiger partial charge in [-0.1, -0.05) is 36.8 Å². The highest BCUT2D eigenvalue weighted by Crippen LogP contribution is 2.34. The van der Waals surface area contributed by atoms with E-state index in [1.54, 1.807) is 12.1 Å². The molecule has 0 bridgehead atoms. The highest BCUT2D eigenvalue weighted by Gasteiger charge is 2.25. The molecule has 0 aliphatic heterocycles. The van der Waals surface area contributed by atoms with Gasteiger partial charge in [0.25, 0.3) is 5.91 Å². The van der Waals surface area contributed by atoms with Crippen molar-refractivity contribution in [2.24, 2.45) is 0 Å². The third kappa shape index (κ3) is 4.52. The van der Waals surface area contributed by atoms with Crippen LogP contribution in [0.4, 0.5) is 5.13 Å². The minimum atomic E-state index is -0.543. The highest BCUT2D eigenvalue weighted by molar-refractivity contribution is 7.15. The summed E-state index contributed by atoms with van der Waals surface area (Å²) in [6.07, 6.45) is 3.00. The number of nitrogens with zero attached hydrogens (tertiary/aromatic N) is 4. The average molecular weight is 434 g/mol. The molecule has 3 aromatic rings. The van der Waals surface area contributed by atoms with Crippen LogP contribution >= 0.6 is 22.9 Å². The number of carbonyl (C=O) groups excluding carboxylic acids is 1. The second-order valence-electron chi connectivity index (χ2n) is 6.99. The van der Waals surface area contributed by atoms with Crippen LogP contribution < -0.4 is 10.1 Å². The Balaban J connectivity index is 1.98. The highest BCUT2D eigenvalue weighted by atomic mass is 35.5. The van der Waals surface area contributed by atoms with Gasteiger partial charge in [-0.15, -0.1) is 10.2 Å². The van der Waals surface area contributed by atoms with Crippen LogP contribution in [0.1, 0.15) is 34.9 Å². The van der Waals surface area contributed by atoms with Gasteiger partial charge in [-0.25, -0.2) is 4.98 Å². The number of aliphatic hydroxyl groups is 1. The minimum Gasteiger partial charge on any atom is -0.494 e. The summed E-state index contributed by atoms with van der Waals surface area (Å²) in [6.45, 7) is 5.44. The summed E-state index contributed by atoms with van der Waals surface area (Å²) in [5.41, 5.74) is 1.75. The zero-order valence-corrected chi connectivity index (χ0v) is 17.9. The Labute approximate surface area is 177 Å². The molecule has 1 amide bonds. The molecule has 152 valence electrons. The van der Waals surface area contributed by atoms with E-state index in [1.165, 1.54) is 30.8 Å². The standard InChI is InChI=1S/C19H20ClN5O3S/c1-10-5-11(12-6-15(20)22-8-14(12)28-4)13(7-21-10)16(27)23-18-25-24-17(29-18)19(2,3)9-26/h5-8,26H,9H2,1-4H3,(H,23,25,27). The van der Waals surface area contributed by atoms with Gasteiger partial charge in [0.1, 0.15) is 15.9 Å². The van der Waals surface area contributed by atoms with Gasteiger partial charge >= 0.3 is 0 Å². The zero-order chi connectivity index (χ0) is 21.2. The van der Waals surface area contributed by atoms with Crippen molar-refractivity contribution in [3.63, 3.8) is 0 Å². The van der Waals surface area contributed by atoms with Crippen LogP contribution in [0, 0.1) is 6.92 Å². The van der Waals surface area contributed by atoms with E-state index in [9.17, 15) is 9.90 Å². The van der Waals surface area contributed by atoms with Crippen LogP contribution in [0.5, 0.6) is 5.75 Å². The molecule has 0 saturated carbocycles. The van der Waals surface area contributed by atoms with Crippen molar-refractivity contribution in [2.45, 2.75) is 26.2 Å². The number of rotatable bonds is 6. The predicted molar refractivity (Wildman–Crippen MR) is 112 cm³/mol. The number of aromatic nitrogens is 4. The van der Waals surface area contributed by atoms with Crippen molar-refractivity contribution < 1.29 is 14.6 Å². The van der Waals surface area contributed by atoms with Gasteiger partial charge in [-0.3, -0.25) is 15.1 Å². The first-order valence-corrected chi connectivity index (χ1v) is 9.87. The summed E-state index contributed by atoms with van der Waals surface area (Å²) >= 11 is 7.28. The normalized spacial score (nSPS) is 11.4. The van der Waals surface area contributed by atoms with Gasteiger partial charge in [-0.05, 0) is 19.1 Å². The van der Waals surface area contributed by atoms with Crippen molar-refractivity contribution in [3.8, 4) is 16.9 Å². The smallest absolute Gasteiger partial charge is 0.259 e. The lowest BCUT2D eigenvalue weighted by Gasteiger charge is -2.16. The van der Waals surface area contributed by atoms with Crippen LogP contribution in [-0.2, 0) is 5.41 Å². The molecule has 0 radical (unpaired) electrons. The quantitative estimate of drug-likeness (QED) is 0.572. The molecule has 2 N–H and O–H groups in total. The first-order chi connectivity index (χ1) is 13.7. The lowest BCUT2D eigenvalue weighted by molar-refractivity contribution is 0.102. The van der Waals surface area contributed by atoms with E-state index in [1.807, 2.05) is 20.8 Å². The molecule has 29 heavy (non-hydrogen) atoms. The summed E-state index contributed by atoms with van der Waals surface area (Å²) in [4.78, 5) is 21.3. The van der Waals surface area contributed by atoms with E-state index >= 15 is 0 Å². The Bertz CT molecular complexity index is 1050. The van der Waals surface area contributed by atoms with Gasteiger partial charge in [-0.2, -0.15) is 0 Å². The van der Waals surface area contributed by atoms with Gasteiger partial charge < -0.3 is 9.84 Å². The molecular formula is C19H20ClN5O3S. The molecule has 3 rings (SSSR count). The summed E-state index contributed by atoms with van der Waals surface area (Å²) in [7, 11) is 1.52. The number of aliphatic hydroxyl groups excluding tert-OH is 1. The van der Waals surface area contributed by atoms with Crippen LogP contribution in [-0.4, -0.2) is 44.9 Å². The lowest BCUT2D eigenvalue weighted by atomic mass is 9.96. The molecule has 3 heterocycles. The maximum absolute atomic E-state index is 13.0. The van der Waals surface area contributed by atoms with Gasteiger partial charge in [0.05, 0.1) is 25.5 Å². The monoisotopic (exact) mass is 433 g/mol. The van der Waals surface area contributed by atoms with E-state index in [4.69, 9.17) is 16.3 Å². The number of carbonyl (C=O) groups is 1. The summed E-state index contributed by atoms with van der Waals surface area (Å²) in [5, 5.41) is 21.6. The molecule has 0 fully saturated rings. The molecule has 8 nitrogen and oxygen atoms in total. The second-order valence-corrected chi connectivity index (χ2v) is 8.35. The van der Waals surface area contributed by atoms with Crippen LogP contribution in [0.25, 0.3) is 11.1 Å². The Morgan fingerprint density at radius 3 is 2.69 bits per heavy atom. The van der Waals surface area contributed by atoms with Gasteiger partial charge in [0, 0.05) is 28.4 Å². The topological polar surface area (TPSA) is 110 Å². The molecule has 3 aromatic heterocycles. The predicted octanol–water partition coefficient (Wildman–Crippen LogP) is 3.49. The molecule has 0 spiro atoms. The fourth-order valence-corrected chi connectivity index (χ4v) is 3.52. The number of pyridine rings is 2. The first kappa shape index (κ1) is 21.1. The van der Waals surface area contributed by atoms with Crippen molar-refractivity contribution in [1.82, 2.24) is 20.2 Å². The second kappa shape index (κ2) is 8.40. The van der Waals surface area contributed by atoms with Crippen LogP contribution in [0.15, 0.2) is 24.5 Å². The molecule has 0 saturated heterocycles. The van der Waals surface area contributed by atoms with E-state index in [0.717, 1.165) is 5.69 Å². The van der Waals surface area contributed by atoms with Gasteiger partial charge in [0.2, 0.25) is 5.13 Å². The van der Waals surface area contributed by atoms with Crippen LogP contribution in [0.2, 0.25) is 5.15 Å². The number of halogens is 1. The number of nitrogens with one attached hydrogen (secondary N) is 1. The number of hydrogen-bond donors (Lipinski definition) is 2. The molecule has 0 aliphatic carbocycles. The SMILES string of the molecule is COc1cnc(Cl)cc1-c1cc(C)ncc1C(=O)Nc1nnc(C(C)(C)CO)s1. The van der Waals surface area contributed by atoms with Crippen molar-refractivity contribution >= 4 is 34.0 Å². The molecular weight excluding hydrogens is 414 g/mol. The third-order valence-electron chi connectivity index (χ3n) is 4.25. The number of methoxy groups -OCH3 is 1. The average Bonchev–Trinajstić information content (AvgIpc) is 3.17. The van der Waals surface area contributed by atoms with E-state index < -0.39 is 11.3 Å². The Morgan fingerprint density at radius 2 is 2.00 bits per heavy atom. The molecule has 0 atom stereocenters. The van der Waals surface area contributed by atoms with E-state index in [0.29, 0.717) is 32.6 Å².